The Morgan fingerprint density at radius 1 is 1.22 bits per heavy atom. The zero-order valence-electron chi connectivity index (χ0n) is 9.97. The van der Waals surface area contributed by atoms with Crippen molar-refractivity contribution in [3.05, 3.63) is 30.4 Å². The molecule has 1 amide bonds. The normalized spacial score (nSPS) is 10.1. The van der Waals surface area contributed by atoms with E-state index in [1.807, 2.05) is 0 Å². The fourth-order valence-electron chi connectivity index (χ4n) is 1.23. The second-order valence-electron chi connectivity index (χ2n) is 3.23. The highest BCUT2D eigenvalue weighted by Gasteiger charge is 2.07. The number of anilines is 1. The van der Waals surface area contributed by atoms with Crippen molar-refractivity contribution in [3.63, 3.8) is 0 Å². The van der Waals surface area contributed by atoms with E-state index in [1.54, 1.807) is 18.2 Å². The van der Waals surface area contributed by atoms with Gasteiger partial charge in [-0.3, -0.25) is 4.79 Å². The number of hydrogen-bond acceptors (Lipinski definition) is 4. The highest BCUT2D eigenvalue weighted by atomic mass is 16.5. The van der Waals surface area contributed by atoms with E-state index in [9.17, 15) is 9.59 Å². The Bertz CT molecular complexity index is 481. The molecule has 96 valence electrons. The van der Waals surface area contributed by atoms with Crippen molar-refractivity contribution in [2.24, 2.45) is 0 Å². The zero-order valence-corrected chi connectivity index (χ0v) is 9.97. The molecule has 0 unspecified atom stereocenters. The van der Waals surface area contributed by atoms with Gasteiger partial charge in [0.1, 0.15) is 11.5 Å². The van der Waals surface area contributed by atoms with Crippen molar-refractivity contribution >= 4 is 17.6 Å². The number of aliphatic carboxylic acids is 1. The highest BCUT2D eigenvalue weighted by molar-refractivity contribution is 6.03. The van der Waals surface area contributed by atoms with E-state index in [0.717, 1.165) is 12.2 Å². The summed E-state index contributed by atoms with van der Waals surface area (Å²) < 4.78 is 10.1. The minimum absolute atomic E-state index is 0.400. The van der Waals surface area contributed by atoms with E-state index < -0.39 is 11.9 Å². The molecule has 0 saturated carbocycles. The van der Waals surface area contributed by atoms with Gasteiger partial charge >= 0.3 is 5.97 Å². The second-order valence-corrected chi connectivity index (χ2v) is 3.23. The Labute approximate surface area is 104 Å². The smallest absolute Gasteiger partial charge is 0.328 e. The van der Waals surface area contributed by atoms with Crippen LogP contribution in [0.25, 0.3) is 0 Å². The van der Waals surface area contributed by atoms with Gasteiger partial charge in [0.15, 0.2) is 0 Å². The summed E-state index contributed by atoms with van der Waals surface area (Å²) in [4.78, 5) is 21.7. The summed E-state index contributed by atoms with van der Waals surface area (Å²) in [7, 11) is 2.96. The summed E-state index contributed by atoms with van der Waals surface area (Å²) in [6.45, 7) is 0. The van der Waals surface area contributed by atoms with Crippen molar-refractivity contribution < 1.29 is 24.2 Å². The first-order valence-electron chi connectivity index (χ1n) is 5.01. The molecule has 6 nitrogen and oxygen atoms in total. The topological polar surface area (TPSA) is 84.9 Å². The molecular weight excluding hydrogens is 238 g/mol. The maximum absolute atomic E-state index is 11.4. The van der Waals surface area contributed by atoms with Crippen LogP contribution in [0.4, 0.5) is 5.69 Å². The summed E-state index contributed by atoms with van der Waals surface area (Å²) in [5.41, 5.74) is 0.400. The molecule has 0 aliphatic heterocycles. The molecule has 18 heavy (non-hydrogen) atoms. The molecule has 1 rings (SSSR count). The molecule has 0 heterocycles. The van der Waals surface area contributed by atoms with Crippen LogP contribution in [0.1, 0.15) is 0 Å². The van der Waals surface area contributed by atoms with Crippen LogP contribution in [-0.4, -0.2) is 31.2 Å². The molecule has 0 radical (unpaired) electrons. The number of rotatable bonds is 5. The Hall–Kier alpha value is -2.50. The lowest BCUT2D eigenvalue weighted by molar-refractivity contribution is -0.131. The van der Waals surface area contributed by atoms with Gasteiger partial charge in [-0.05, 0) is 12.1 Å². The van der Waals surface area contributed by atoms with Gasteiger partial charge in [0.25, 0.3) is 0 Å². The van der Waals surface area contributed by atoms with E-state index in [1.165, 1.54) is 14.2 Å². The zero-order chi connectivity index (χ0) is 13.5. The quantitative estimate of drug-likeness (QED) is 0.770. The molecule has 6 heteroatoms. The summed E-state index contributed by atoms with van der Waals surface area (Å²) in [5, 5.41) is 10.9. The highest BCUT2D eigenvalue weighted by Crippen LogP contribution is 2.28. The Morgan fingerprint density at radius 2 is 1.94 bits per heavy atom. The van der Waals surface area contributed by atoms with Gasteiger partial charge in [0, 0.05) is 18.2 Å². The lowest BCUT2D eigenvalue weighted by Crippen LogP contribution is -2.09. The molecule has 0 aromatic heterocycles. The Morgan fingerprint density at radius 3 is 2.50 bits per heavy atom. The first-order chi connectivity index (χ1) is 8.56. The van der Waals surface area contributed by atoms with Crippen LogP contribution in [-0.2, 0) is 9.59 Å². The number of ether oxygens (including phenoxy) is 2. The van der Waals surface area contributed by atoms with E-state index >= 15 is 0 Å². The maximum atomic E-state index is 11.4. The van der Waals surface area contributed by atoms with Crippen molar-refractivity contribution in [2.45, 2.75) is 0 Å². The van der Waals surface area contributed by atoms with Crippen molar-refractivity contribution in [1.29, 1.82) is 0 Å². The number of nitrogens with one attached hydrogen (secondary N) is 1. The first-order valence-corrected chi connectivity index (χ1v) is 5.01. The third-order valence-corrected chi connectivity index (χ3v) is 2.04. The number of carbonyl (C=O) groups excluding carboxylic acids is 1. The average Bonchev–Trinajstić information content (AvgIpc) is 2.36. The lowest BCUT2D eigenvalue weighted by Gasteiger charge is -2.10. The SMILES string of the molecule is COc1ccc(OC)c(NC(=O)C=CC(=O)O)c1. The van der Waals surface area contributed by atoms with Crippen LogP contribution in [0.3, 0.4) is 0 Å². The fourth-order valence-corrected chi connectivity index (χ4v) is 1.23. The van der Waals surface area contributed by atoms with Gasteiger partial charge in [-0.1, -0.05) is 0 Å². The number of carbonyl (C=O) groups is 2. The average molecular weight is 251 g/mol. The molecule has 2 N–H and O–H groups in total. The summed E-state index contributed by atoms with van der Waals surface area (Å²) in [6, 6.07) is 4.89. The van der Waals surface area contributed by atoms with Gasteiger partial charge < -0.3 is 19.9 Å². The van der Waals surface area contributed by atoms with Crippen molar-refractivity contribution in [3.8, 4) is 11.5 Å². The first kappa shape index (κ1) is 13.6. The van der Waals surface area contributed by atoms with Crippen LogP contribution >= 0.6 is 0 Å². The third kappa shape index (κ3) is 3.82. The fraction of sp³-hybridized carbons (Fsp3) is 0.167. The number of benzene rings is 1. The molecule has 0 spiro atoms. The van der Waals surface area contributed by atoms with E-state index in [4.69, 9.17) is 14.6 Å². The lowest BCUT2D eigenvalue weighted by atomic mass is 10.2. The van der Waals surface area contributed by atoms with Gasteiger partial charge in [0.05, 0.1) is 19.9 Å². The molecule has 0 aliphatic rings. The predicted octanol–water partition coefficient (Wildman–Crippen LogP) is 1.28. The van der Waals surface area contributed by atoms with Gasteiger partial charge in [-0.2, -0.15) is 0 Å². The van der Waals surface area contributed by atoms with Crippen LogP contribution < -0.4 is 14.8 Å². The van der Waals surface area contributed by atoms with Crippen LogP contribution in [0.2, 0.25) is 0 Å². The number of carboxylic acids is 1. The largest absolute Gasteiger partial charge is 0.497 e. The van der Waals surface area contributed by atoms with Crippen LogP contribution in [0.5, 0.6) is 11.5 Å². The summed E-state index contributed by atoms with van der Waals surface area (Å²) in [5.74, 6) is -0.757. The summed E-state index contributed by atoms with van der Waals surface area (Å²) >= 11 is 0. The number of methoxy groups -OCH3 is 2. The molecule has 0 bridgehead atoms. The predicted molar refractivity (Wildman–Crippen MR) is 65.0 cm³/mol. The molecule has 1 aromatic rings. The molecule has 0 aliphatic carbocycles. The monoisotopic (exact) mass is 251 g/mol. The number of hydrogen-bond donors (Lipinski definition) is 2. The molecule has 0 saturated heterocycles. The minimum Gasteiger partial charge on any atom is -0.497 e. The second kappa shape index (κ2) is 6.29. The van der Waals surface area contributed by atoms with Crippen LogP contribution in [0.15, 0.2) is 30.4 Å². The van der Waals surface area contributed by atoms with Crippen LogP contribution in [0, 0.1) is 0 Å². The summed E-state index contributed by atoms with van der Waals surface area (Å²) in [6.07, 6.45) is 1.67. The molecule has 0 fully saturated rings. The molecule has 1 aromatic carbocycles. The van der Waals surface area contributed by atoms with Crippen molar-refractivity contribution in [2.75, 3.05) is 19.5 Å². The maximum Gasteiger partial charge on any atom is 0.328 e. The van der Waals surface area contributed by atoms with Crippen molar-refractivity contribution in [1.82, 2.24) is 0 Å². The van der Waals surface area contributed by atoms with E-state index in [-0.39, 0.29) is 0 Å². The van der Waals surface area contributed by atoms with Gasteiger partial charge in [-0.15, -0.1) is 0 Å². The standard InChI is InChI=1S/C12H13NO5/c1-17-8-3-4-10(18-2)9(7-8)13-11(14)5-6-12(15)16/h3-7H,1-2H3,(H,13,14)(H,15,16). The Balaban J connectivity index is 2.88. The van der Waals surface area contributed by atoms with E-state index in [2.05, 4.69) is 5.32 Å². The molecule has 0 atom stereocenters. The number of amides is 1. The number of carboxylic acid groups (broad SMARTS) is 1. The Kier molecular flexibility index (Phi) is 4.74. The molecular formula is C12H13NO5. The third-order valence-electron chi connectivity index (χ3n) is 2.04. The van der Waals surface area contributed by atoms with Gasteiger partial charge in [0.2, 0.25) is 5.91 Å². The minimum atomic E-state index is -1.19. The van der Waals surface area contributed by atoms with Gasteiger partial charge in [-0.25, -0.2) is 4.79 Å². The van der Waals surface area contributed by atoms with E-state index in [0.29, 0.717) is 17.2 Å².